The summed E-state index contributed by atoms with van der Waals surface area (Å²) >= 11 is 3.46. The predicted molar refractivity (Wildman–Crippen MR) is 72.8 cm³/mol. The lowest BCUT2D eigenvalue weighted by atomic mass is 10.1. The summed E-state index contributed by atoms with van der Waals surface area (Å²) in [6, 6.07) is 8.57. The molecule has 1 aliphatic rings. The number of nitrogens with one attached hydrogen (secondary N) is 1. The van der Waals surface area contributed by atoms with Gasteiger partial charge in [0.1, 0.15) is 5.51 Å². The molecule has 0 radical (unpaired) electrons. The van der Waals surface area contributed by atoms with Gasteiger partial charge in [0.05, 0.1) is 0 Å². The molecule has 2 aromatic rings. The van der Waals surface area contributed by atoms with Crippen molar-refractivity contribution in [1.29, 1.82) is 0 Å². The van der Waals surface area contributed by atoms with Gasteiger partial charge in [0.25, 0.3) is 0 Å². The Kier molecular flexibility index (Phi) is 3.29. The van der Waals surface area contributed by atoms with E-state index in [-0.39, 0.29) is 0 Å². The van der Waals surface area contributed by atoms with E-state index in [4.69, 9.17) is 0 Å². The molecular formula is C12H13N3S2. The maximum atomic E-state index is 4.09. The number of nitrogens with zero attached hydrogens (tertiary/aromatic N) is 2. The normalized spacial score (nSPS) is 19.2. The number of fused-ring (bicyclic) bond motifs is 1. The Bertz CT molecular complexity index is 457. The van der Waals surface area contributed by atoms with Crippen LogP contribution in [0.4, 0.5) is 5.69 Å². The van der Waals surface area contributed by atoms with Gasteiger partial charge in [-0.05, 0) is 24.5 Å². The molecule has 1 atom stereocenters. The van der Waals surface area contributed by atoms with Crippen LogP contribution in [0.2, 0.25) is 0 Å². The third-order valence-electron chi connectivity index (χ3n) is 2.88. The van der Waals surface area contributed by atoms with E-state index < -0.39 is 0 Å². The first-order valence-corrected chi connectivity index (χ1v) is 7.42. The molecule has 0 spiro atoms. The van der Waals surface area contributed by atoms with E-state index in [9.17, 15) is 0 Å². The molecule has 5 heteroatoms. The molecule has 88 valence electrons. The number of thioether (sulfide) groups is 1. The summed E-state index contributed by atoms with van der Waals surface area (Å²) in [6.45, 7) is 1.00. The van der Waals surface area contributed by atoms with Gasteiger partial charge >= 0.3 is 0 Å². The number of anilines is 1. The van der Waals surface area contributed by atoms with Crippen LogP contribution in [0.1, 0.15) is 12.0 Å². The van der Waals surface area contributed by atoms with Crippen molar-refractivity contribution in [2.24, 2.45) is 0 Å². The molecule has 1 aromatic carbocycles. The molecule has 2 heterocycles. The summed E-state index contributed by atoms with van der Waals surface area (Å²) in [4.78, 5) is 0. The van der Waals surface area contributed by atoms with Crippen molar-refractivity contribution in [2.75, 3.05) is 11.9 Å². The van der Waals surface area contributed by atoms with Crippen LogP contribution in [-0.2, 0) is 6.42 Å². The maximum Gasteiger partial charge on any atom is 0.174 e. The van der Waals surface area contributed by atoms with Crippen LogP contribution < -0.4 is 5.32 Å². The third-order valence-corrected chi connectivity index (χ3v) is 4.96. The summed E-state index contributed by atoms with van der Waals surface area (Å²) in [6.07, 6.45) is 2.33. The van der Waals surface area contributed by atoms with E-state index in [2.05, 4.69) is 39.8 Å². The second-order valence-electron chi connectivity index (χ2n) is 4.02. The Morgan fingerprint density at radius 2 is 2.29 bits per heavy atom. The third kappa shape index (κ3) is 2.61. The molecule has 0 bridgehead atoms. The summed E-state index contributed by atoms with van der Waals surface area (Å²) in [5.41, 5.74) is 4.50. The summed E-state index contributed by atoms with van der Waals surface area (Å²) in [5.74, 6) is 0. The van der Waals surface area contributed by atoms with E-state index in [0.29, 0.717) is 5.25 Å². The van der Waals surface area contributed by atoms with Crippen LogP contribution in [0.15, 0.2) is 34.1 Å². The molecule has 0 saturated heterocycles. The van der Waals surface area contributed by atoms with Gasteiger partial charge < -0.3 is 5.32 Å². The first kappa shape index (κ1) is 11.0. The minimum absolute atomic E-state index is 0.579. The van der Waals surface area contributed by atoms with E-state index in [1.54, 1.807) is 16.8 Å². The number of benzene rings is 1. The predicted octanol–water partition coefficient (Wildman–Crippen LogP) is 3.06. The highest BCUT2D eigenvalue weighted by molar-refractivity contribution is 8.01. The molecule has 1 aromatic heterocycles. The highest BCUT2D eigenvalue weighted by Gasteiger charge is 2.17. The van der Waals surface area contributed by atoms with Crippen molar-refractivity contribution < 1.29 is 0 Å². The molecular weight excluding hydrogens is 250 g/mol. The standard InChI is InChI=1S/C12H13N3S2/c1-2-4-11-9(3-1)5-6-10(7-13-11)17-12-15-14-8-16-12/h1-4,8,10,13H,5-7H2. The van der Waals surface area contributed by atoms with Gasteiger partial charge in [-0.15, -0.1) is 10.2 Å². The number of aryl methyl sites for hydroxylation is 1. The fourth-order valence-corrected chi connectivity index (χ4v) is 3.83. The fourth-order valence-electron chi connectivity index (χ4n) is 2.01. The lowest BCUT2D eigenvalue weighted by Crippen LogP contribution is -2.14. The molecule has 17 heavy (non-hydrogen) atoms. The largest absolute Gasteiger partial charge is 0.384 e. The minimum atomic E-state index is 0.579. The van der Waals surface area contributed by atoms with Crippen LogP contribution in [-0.4, -0.2) is 22.0 Å². The van der Waals surface area contributed by atoms with Gasteiger partial charge in [0, 0.05) is 17.5 Å². The van der Waals surface area contributed by atoms with Crippen LogP contribution in [0, 0.1) is 0 Å². The molecule has 3 nitrogen and oxygen atoms in total. The molecule has 0 amide bonds. The van der Waals surface area contributed by atoms with Gasteiger partial charge in [0.2, 0.25) is 0 Å². The molecule has 0 saturated carbocycles. The van der Waals surface area contributed by atoms with Crippen LogP contribution in [0.25, 0.3) is 0 Å². The first-order chi connectivity index (χ1) is 8.42. The number of rotatable bonds is 2. The zero-order valence-corrected chi connectivity index (χ0v) is 10.9. The lowest BCUT2D eigenvalue weighted by molar-refractivity contribution is 0.801. The van der Waals surface area contributed by atoms with Gasteiger partial charge in [-0.3, -0.25) is 0 Å². The van der Waals surface area contributed by atoms with Crippen molar-refractivity contribution in [2.45, 2.75) is 22.4 Å². The topological polar surface area (TPSA) is 37.8 Å². The average molecular weight is 263 g/mol. The zero-order valence-electron chi connectivity index (χ0n) is 9.30. The summed E-state index contributed by atoms with van der Waals surface area (Å²) < 4.78 is 1.07. The Hall–Kier alpha value is -1.07. The first-order valence-electron chi connectivity index (χ1n) is 5.66. The zero-order chi connectivity index (χ0) is 11.5. The summed E-state index contributed by atoms with van der Waals surface area (Å²) in [5, 5.41) is 12.1. The minimum Gasteiger partial charge on any atom is -0.384 e. The molecule has 1 N–H and O–H groups in total. The fraction of sp³-hybridized carbons (Fsp3) is 0.333. The van der Waals surface area contributed by atoms with Crippen molar-refractivity contribution in [3.63, 3.8) is 0 Å². The second-order valence-corrected chi connectivity index (χ2v) is 6.40. The van der Waals surface area contributed by atoms with Crippen LogP contribution >= 0.6 is 23.1 Å². The van der Waals surface area contributed by atoms with E-state index in [1.807, 2.05) is 11.8 Å². The van der Waals surface area contributed by atoms with Crippen molar-refractivity contribution >= 4 is 28.8 Å². The van der Waals surface area contributed by atoms with E-state index in [0.717, 1.165) is 17.3 Å². The average Bonchev–Trinajstić information content (AvgIpc) is 2.78. The smallest absolute Gasteiger partial charge is 0.174 e. The Balaban J connectivity index is 1.69. The van der Waals surface area contributed by atoms with Gasteiger partial charge in [-0.2, -0.15) is 0 Å². The Labute approximate surface area is 109 Å². The van der Waals surface area contributed by atoms with Crippen LogP contribution in [0.5, 0.6) is 0 Å². The number of hydrogen-bond donors (Lipinski definition) is 1. The van der Waals surface area contributed by atoms with Crippen molar-refractivity contribution in [3.05, 3.63) is 35.3 Å². The number of aromatic nitrogens is 2. The molecule has 1 unspecified atom stereocenters. The lowest BCUT2D eigenvalue weighted by Gasteiger charge is -2.11. The van der Waals surface area contributed by atoms with Crippen molar-refractivity contribution in [3.8, 4) is 0 Å². The van der Waals surface area contributed by atoms with Crippen molar-refractivity contribution in [1.82, 2.24) is 10.2 Å². The molecule has 3 rings (SSSR count). The Morgan fingerprint density at radius 1 is 1.35 bits per heavy atom. The Morgan fingerprint density at radius 3 is 3.18 bits per heavy atom. The SMILES string of the molecule is c1ccc2c(c1)CCC(Sc1nncs1)CN2. The van der Waals surface area contributed by atoms with Gasteiger partial charge in [-0.25, -0.2) is 0 Å². The molecule has 0 aliphatic carbocycles. The van der Waals surface area contributed by atoms with Crippen LogP contribution in [0.3, 0.4) is 0 Å². The monoisotopic (exact) mass is 263 g/mol. The second kappa shape index (κ2) is 5.06. The highest BCUT2D eigenvalue weighted by Crippen LogP contribution is 2.31. The number of hydrogen-bond acceptors (Lipinski definition) is 5. The molecule has 0 fully saturated rings. The number of para-hydroxylation sites is 1. The van der Waals surface area contributed by atoms with Gasteiger partial charge in [0.15, 0.2) is 4.34 Å². The summed E-state index contributed by atoms with van der Waals surface area (Å²) in [7, 11) is 0. The van der Waals surface area contributed by atoms with Gasteiger partial charge in [-0.1, -0.05) is 41.3 Å². The molecule has 1 aliphatic heterocycles. The maximum absolute atomic E-state index is 4.09. The van der Waals surface area contributed by atoms with E-state index in [1.165, 1.54) is 17.7 Å². The quantitative estimate of drug-likeness (QED) is 0.903. The van der Waals surface area contributed by atoms with E-state index >= 15 is 0 Å². The highest BCUT2D eigenvalue weighted by atomic mass is 32.2.